The molecule has 0 fully saturated rings. The Morgan fingerprint density at radius 1 is 1.36 bits per heavy atom. The fourth-order valence-electron chi connectivity index (χ4n) is 0.685. The van der Waals surface area contributed by atoms with Gasteiger partial charge in [0.05, 0.1) is 11.0 Å². The molecule has 0 atom stereocenters. The Hall–Kier alpha value is -0.0900. The zero-order valence-corrected chi connectivity index (χ0v) is 8.40. The lowest BCUT2D eigenvalue weighted by Crippen LogP contribution is -2.41. The largest absolute Gasteiger partial charge is 0.325 e. The average molecular weight is 179 g/mol. The van der Waals surface area contributed by atoms with Crippen molar-refractivity contribution in [3.63, 3.8) is 0 Å². The minimum absolute atomic E-state index is 0.0532. The summed E-state index contributed by atoms with van der Waals surface area (Å²) in [7, 11) is -2.98. The van der Waals surface area contributed by atoms with Gasteiger partial charge in [0.1, 0.15) is 0 Å². The number of hydrogen-bond acceptors (Lipinski definition) is 3. The van der Waals surface area contributed by atoms with Crippen LogP contribution in [0.5, 0.6) is 0 Å². The van der Waals surface area contributed by atoms with Gasteiger partial charge in [0.25, 0.3) is 0 Å². The third kappa shape index (κ3) is 4.37. The maximum atomic E-state index is 11.3. The lowest BCUT2D eigenvalue weighted by molar-refractivity contribution is 0.539. The van der Waals surface area contributed by atoms with Crippen LogP contribution in [0.1, 0.15) is 27.7 Å². The Kier molecular flexibility index (Phi) is 3.08. The molecule has 0 unspecified atom stereocenters. The van der Waals surface area contributed by atoms with Crippen molar-refractivity contribution >= 4 is 9.84 Å². The van der Waals surface area contributed by atoms with Gasteiger partial charge in [-0.3, -0.25) is 0 Å². The Labute approximate surface area is 68.9 Å². The lowest BCUT2D eigenvalue weighted by Gasteiger charge is -2.19. The molecular weight excluding hydrogens is 162 g/mol. The first-order valence-electron chi connectivity index (χ1n) is 3.65. The molecular formula is C7H17NO2S. The zero-order chi connectivity index (χ0) is 9.28. The van der Waals surface area contributed by atoms with Crippen molar-refractivity contribution in [2.75, 3.05) is 5.75 Å². The van der Waals surface area contributed by atoms with Crippen LogP contribution in [-0.4, -0.2) is 25.0 Å². The molecule has 0 aromatic carbocycles. The quantitative estimate of drug-likeness (QED) is 0.688. The van der Waals surface area contributed by atoms with E-state index in [1.54, 1.807) is 27.7 Å². The predicted molar refractivity (Wildman–Crippen MR) is 47.2 cm³/mol. The highest BCUT2D eigenvalue weighted by Crippen LogP contribution is 2.08. The lowest BCUT2D eigenvalue weighted by atomic mass is 10.1. The Balaban J connectivity index is 4.40. The SMILES string of the molecule is CC(C)S(=O)(=O)CC(C)(C)N. The Bertz CT molecular complexity index is 211. The molecule has 3 nitrogen and oxygen atoms in total. The van der Waals surface area contributed by atoms with Gasteiger partial charge in [0.2, 0.25) is 0 Å². The second kappa shape index (κ2) is 3.11. The highest BCUT2D eigenvalue weighted by Gasteiger charge is 2.24. The van der Waals surface area contributed by atoms with Crippen molar-refractivity contribution in [2.45, 2.75) is 38.5 Å². The maximum Gasteiger partial charge on any atom is 0.154 e. The van der Waals surface area contributed by atoms with Gasteiger partial charge in [-0.15, -0.1) is 0 Å². The summed E-state index contributed by atoms with van der Waals surface area (Å²) in [5.41, 5.74) is 4.96. The van der Waals surface area contributed by atoms with Gasteiger partial charge >= 0.3 is 0 Å². The summed E-state index contributed by atoms with van der Waals surface area (Å²) in [6.45, 7) is 6.77. The summed E-state index contributed by atoms with van der Waals surface area (Å²) in [6, 6.07) is 0. The second-order valence-electron chi connectivity index (χ2n) is 3.84. The predicted octanol–water partition coefficient (Wildman–Crippen LogP) is 0.547. The molecule has 0 aromatic heterocycles. The van der Waals surface area contributed by atoms with Gasteiger partial charge in [-0.1, -0.05) is 0 Å². The third-order valence-corrected chi connectivity index (χ3v) is 3.87. The van der Waals surface area contributed by atoms with Crippen molar-refractivity contribution < 1.29 is 8.42 Å². The van der Waals surface area contributed by atoms with Gasteiger partial charge in [0.15, 0.2) is 9.84 Å². The highest BCUT2D eigenvalue weighted by atomic mass is 32.2. The molecule has 0 spiro atoms. The van der Waals surface area contributed by atoms with E-state index in [-0.39, 0.29) is 11.0 Å². The minimum Gasteiger partial charge on any atom is -0.325 e. The van der Waals surface area contributed by atoms with Crippen LogP contribution in [0.4, 0.5) is 0 Å². The van der Waals surface area contributed by atoms with E-state index in [2.05, 4.69) is 0 Å². The van der Waals surface area contributed by atoms with Crippen molar-refractivity contribution in [1.29, 1.82) is 0 Å². The molecule has 0 aliphatic rings. The van der Waals surface area contributed by atoms with Crippen LogP contribution in [0.3, 0.4) is 0 Å². The highest BCUT2D eigenvalue weighted by molar-refractivity contribution is 7.92. The molecule has 0 aromatic rings. The molecule has 0 heterocycles. The van der Waals surface area contributed by atoms with Crippen LogP contribution in [0.25, 0.3) is 0 Å². The topological polar surface area (TPSA) is 60.2 Å². The van der Waals surface area contributed by atoms with Crippen molar-refractivity contribution in [3.05, 3.63) is 0 Å². The second-order valence-corrected chi connectivity index (χ2v) is 6.40. The smallest absolute Gasteiger partial charge is 0.154 e. The van der Waals surface area contributed by atoms with Crippen LogP contribution < -0.4 is 5.73 Å². The first-order valence-corrected chi connectivity index (χ1v) is 5.37. The van der Waals surface area contributed by atoms with E-state index in [0.717, 1.165) is 0 Å². The van der Waals surface area contributed by atoms with E-state index in [1.807, 2.05) is 0 Å². The monoisotopic (exact) mass is 179 g/mol. The molecule has 0 saturated carbocycles. The van der Waals surface area contributed by atoms with Crippen molar-refractivity contribution in [1.82, 2.24) is 0 Å². The Morgan fingerprint density at radius 2 is 1.73 bits per heavy atom. The average Bonchev–Trinajstić information content (AvgIpc) is 1.56. The van der Waals surface area contributed by atoms with Gasteiger partial charge < -0.3 is 5.73 Å². The molecule has 0 radical (unpaired) electrons. The van der Waals surface area contributed by atoms with Gasteiger partial charge in [0, 0.05) is 5.54 Å². The van der Waals surface area contributed by atoms with Crippen LogP contribution in [-0.2, 0) is 9.84 Å². The molecule has 0 saturated heterocycles. The summed E-state index contributed by atoms with van der Waals surface area (Å²) < 4.78 is 22.5. The number of nitrogens with two attached hydrogens (primary N) is 1. The van der Waals surface area contributed by atoms with E-state index >= 15 is 0 Å². The van der Waals surface area contributed by atoms with Crippen LogP contribution in [0, 0.1) is 0 Å². The van der Waals surface area contributed by atoms with E-state index in [1.165, 1.54) is 0 Å². The van der Waals surface area contributed by atoms with Crippen LogP contribution in [0.2, 0.25) is 0 Å². The van der Waals surface area contributed by atoms with Crippen molar-refractivity contribution in [2.24, 2.45) is 5.73 Å². The molecule has 2 N–H and O–H groups in total. The molecule has 0 amide bonds. The Morgan fingerprint density at radius 3 is 1.82 bits per heavy atom. The standard InChI is InChI=1S/C7H17NO2S/c1-6(2)11(9,10)5-7(3,4)8/h6H,5,8H2,1-4H3. The summed E-state index contributed by atoms with van der Waals surface area (Å²) in [5.74, 6) is 0.0532. The fourth-order valence-corrected chi connectivity index (χ4v) is 2.06. The maximum absolute atomic E-state index is 11.3. The van der Waals surface area contributed by atoms with E-state index in [4.69, 9.17) is 5.73 Å². The van der Waals surface area contributed by atoms with Crippen LogP contribution in [0.15, 0.2) is 0 Å². The molecule has 0 aliphatic carbocycles. The third-order valence-electron chi connectivity index (χ3n) is 1.29. The van der Waals surface area contributed by atoms with E-state index < -0.39 is 15.4 Å². The first-order chi connectivity index (χ1) is 4.65. The van der Waals surface area contributed by atoms with Gasteiger partial charge in [-0.2, -0.15) is 0 Å². The zero-order valence-electron chi connectivity index (χ0n) is 7.59. The van der Waals surface area contributed by atoms with Gasteiger partial charge in [-0.25, -0.2) is 8.42 Å². The van der Waals surface area contributed by atoms with Gasteiger partial charge in [-0.05, 0) is 27.7 Å². The number of sulfone groups is 1. The molecule has 0 aliphatic heterocycles. The molecule has 0 bridgehead atoms. The number of rotatable bonds is 3. The van der Waals surface area contributed by atoms with E-state index in [9.17, 15) is 8.42 Å². The summed E-state index contributed by atoms with van der Waals surface area (Å²) in [6.07, 6.45) is 0. The number of hydrogen-bond donors (Lipinski definition) is 1. The van der Waals surface area contributed by atoms with Crippen LogP contribution >= 0.6 is 0 Å². The fraction of sp³-hybridized carbons (Fsp3) is 1.00. The molecule has 68 valence electrons. The summed E-state index contributed by atoms with van der Waals surface area (Å²) in [5, 5.41) is -0.328. The molecule has 4 heteroatoms. The normalized spacial score (nSPS) is 14.0. The minimum atomic E-state index is -2.98. The molecule has 11 heavy (non-hydrogen) atoms. The summed E-state index contributed by atoms with van der Waals surface area (Å²) in [4.78, 5) is 0. The summed E-state index contributed by atoms with van der Waals surface area (Å²) >= 11 is 0. The first kappa shape index (κ1) is 10.9. The van der Waals surface area contributed by atoms with Crippen molar-refractivity contribution in [3.8, 4) is 0 Å². The van der Waals surface area contributed by atoms with E-state index in [0.29, 0.717) is 0 Å². The molecule has 0 rings (SSSR count).